The second kappa shape index (κ2) is 12.3. The first kappa shape index (κ1) is 26.1. The monoisotopic (exact) mass is 500 g/mol. The zero-order valence-corrected chi connectivity index (χ0v) is 20.3. The molecule has 1 aromatic rings. The highest BCUT2D eigenvalue weighted by Crippen LogP contribution is 2.26. The molecule has 4 amide bonds. The molecule has 0 aromatic heterocycles. The summed E-state index contributed by atoms with van der Waals surface area (Å²) in [6.07, 6.45) is 6.03. The molecule has 11 heteroatoms. The van der Waals surface area contributed by atoms with Gasteiger partial charge in [-0.1, -0.05) is 31.9 Å². The summed E-state index contributed by atoms with van der Waals surface area (Å²) < 4.78 is 0. The molecule has 186 valence electrons. The summed E-state index contributed by atoms with van der Waals surface area (Å²) in [6, 6.07) is 6.01. The van der Waals surface area contributed by atoms with E-state index in [9.17, 15) is 24.0 Å². The Kier molecular flexibility index (Phi) is 9.18. The highest BCUT2D eigenvalue weighted by molar-refractivity contribution is 8.00. The Labute approximate surface area is 207 Å². The summed E-state index contributed by atoms with van der Waals surface area (Å²) in [4.78, 5) is 71.1. The number of amidine groups is 1. The highest BCUT2D eigenvalue weighted by Gasteiger charge is 2.42. The summed E-state index contributed by atoms with van der Waals surface area (Å²) in [5.41, 5.74) is 6.65. The Hall–Kier alpha value is -3.47. The van der Waals surface area contributed by atoms with E-state index >= 15 is 0 Å². The standard InChI is InChI=1S/C24H28N4O6S/c1-2-3-4-12-26-19(25)11-13-35-18-14-22(31)28(23(18)32)34-24(33)17-7-5-16(6-8-17)15-27-20(29)9-10-21(27)30/h5-10,18H,2-4,11-15H2,1H3,(H2,25,26). The van der Waals surface area contributed by atoms with Crippen LogP contribution in [0.1, 0.15) is 54.9 Å². The summed E-state index contributed by atoms with van der Waals surface area (Å²) in [6.45, 7) is 2.86. The van der Waals surface area contributed by atoms with Crippen molar-refractivity contribution in [2.24, 2.45) is 10.7 Å². The molecule has 1 unspecified atom stereocenters. The fourth-order valence-corrected chi connectivity index (χ4v) is 4.54. The lowest BCUT2D eigenvalue weighted by Crippen LogP contribution is -2.34. The molecule has 2 N–H and O–H groups in total. The molecule has 2 heterocycles. The quantitative estimate of drug-likeness (QED) is 0.199. The number of aliphatic imine (C=N–C) groups is 1. The van der Waals surface area contributed by atoms with Gasteiger partial charge in [-0.3, -0.25) is 29.1 Å². The Morgan fingerprint density at radius 1 is 1.11 bits per heavy atom. The lowest BCUT2D eigenvalue weighted by molar-refractivity contribution is -0.172. The van der Waals surface area contributed by atoms with Crippen LogP contribution < -0.4 is 5.73 Å². The maximum atomic E-state index is 12.6. The molecule has 0 radical (unpaired) electrons. The van der Waals surface area contributed by atoms with Crippen LogP contribution >= 0.6 is 11.8 Å². The number of nitrogens with two attached hydrogens (primary N) is 1. The summed E-state index contributed by atoms with van der Waals surface area (Å²) in [5, 5.41) is -0.127. The van der Waals surface area contributed by atoms with Crippen LogP contribution in [0.5, 0.6) is 0 Å². The number of carbonyl (C=O) groups excluding carboxylic acids is 5. The van der Waals surface area contributed by atoms with Gasteiger partial charge in [-0.15, -0.1) is 16.8 Å². The maximum Gasteiger partial charge on any atom is 0.363 e. The second-order valence-electron chi connectivity index (χ2n) is 8.09. The van der Waals surface area contributed by atoms with Crippen LogP contribution in [0.4, 0.5) is 0 Å². The molecular formula is C24H28N4O6S. The molecule has 0 aliphatic carbocycles. The summed E-state index contributed by atoms with van der Waals surface area (Å²) >= 11 is 1.28. The SMILES string of the molecule is CCCCCN=C(N)CCSC1CC(=O)N(OC(=O)c2ccc(CN3C(=O)C=CC3=O)cc2)C1=O. The van der Waals surface area contributed by atoms with E-state index in [1.54, 1.807) is 12.1 Å². The summed E-state index contributed by atoms with van der Waals surface area (Å²) in [5.74, 6) is -1.79. The van der Waals surface area contributed by atoms with Crippen LogP contribution in [-0.2, 0) is 30.6 Å². The van der Waals surface area contributed by atoms with Crippen molar-refractivity contribution in [2.75, 3.05) is 12.3 Å². The van der Waals surface area contributed by atoms with Crippen molar-refractivity contribution in [2.45, 2.75) is 50.8 Å². The van der Waals surface area contributed by atoms with Crippen LogP contribution in [0.25, 0.3) is 0 Å². The van der Waals surface area contributed by atoms with Gasteiger partial charge >= 0.3 is 5.97 Å². The molecule has 1 saturated heterocycles. The van der Waals surface area contributed by atoms with E-state index in [0.717, 1.165) is 24.2 Å². The molecule has 0 saturated carbocycles. The number of carbonyl (C=O) groups is 5. The number of hydroxylamine groups is 2. The van der Waals surface area contributed by atoms with Crippen molar-refractivity contribution in [3.05, 3.63) is 47.5 Å². The lowest BCUT2D eigenvalue weighted by Gasteiger charge is -2.15. The first-order chi connectivity index (χ1) is 16.8. The second-order valence-corrected chi connectivity index (χ2v) is 9.40. The molecule has 1 aromatic carbocycles. The van der Waals surface area contributed by atoms with Crippen LogP contribution in [0.15, 0.2) is 41.4 Å². The van der Waals surface area contributed by atoms with Crippen molar-refractivity contribution in [3.63, 3.8) is 0 Å². The molecule has 0 bridgehead atoms. The fourth-order valence-electron chi connectivity index (χ4n) is 3.43. The molecule has 2 aliphatic rings. The van der Waals surface area contributed by atoms with Crippen LogP contribution in [0, 0.1) is 0 Å². The van der Waals surface area contributed by atoms with Gasteiger partial charge in [-0.05, 0) is 24.1 Å². The predicted molar refractivity (Wildman–Crippen MR) is 130 cm³/mol. The molecule has 10 nitrogen and oxygen atoms in total. The maximum absolute atomic E-state index is 12.6. The molecule has 2 aliphatic heterocycles. The van der Waals surface area contributed by atoms with E-state index in [0.29, 0.717) is 35.2 Å². The molecule has 1 fully saturated rings. The van der Waals surface area contributed by atoms with Gasteiger partial charge in [0.25, 0.3) is 23.6 Å². The number of thioether (sulfide) groups is 1. The van der Waals surface area contributed by atoms with Crippen LogP contribution in [-0.4, -0.2) is 62.9 Å². The number of rotatable bonds is 12. The van der Waals surface area contributed by atoms with Gasteiger partial charge in [0.05, 0.1) is 29.6 Å². The molecular weight excluding hydrogens is 472 g/mol. The fraction of sp³-hybridized carbons (Fsp3) is 0.417. The third-order valence-corrected chi connectivity index (χ3v) is 6.63. The van der Waals surface area contributed by atoms with Gasteiger partial charge in [0.15, 0.2) is 0 Å². The predicted octanol–water partition coefficient (Wildman–Crippen LogP) is 1.98. The number of unbranched alkanes of at least 4 members (excludes halogenated alkanes) is 2. The summed E-state index contributed by atoms with van der Waals surface area (Å²) in [7, 11) is 0. The minimum atomic E-state index is -0.859. The van der Waals surface area contributed by atoms with E-state index in [4.69, 9.17) is 10.6 Å². The van der Waals surface area contributed by atoms with Gasteiger partial charge < -0.3 is 10.6 Å². The normalized spacial score (nSPS) is 18.2. The first-order valence-electron chi connectivity index (χ1n) is 11.4. The lowest BCUT2D eigenvalue weighted by atomic mass is 10.1. The van der Waals surface area contributed by atoms with Crippen molar-refractivity contribution in [1.82, 2.24) is 9.96 Å². The molecule has 0 spiro atoms. The molecule has 1 atom stereocenters. The Morgan fingerprint density at radius 2 is 1.80 bits per heavy atom. The van der Waals surface area contributed by atoms with Gasteiger partial charge in [0.2, 0.25) is 0 Å². The number of benzene rings is 1. The highest BCUT2D eigenvalue weighted by atomic mass is 32.2. The number of amides is 4. The Balaban J connectivity index is 1.47. The molecule has 3 rings (SSSR count). The van der Waals surface area contributed by atoms with Gasteiger partial charge in [-0.2, -0.15) is 0 Å². The smallest absolute Gasteiger partial charge is 0.363 e. The van der Waals surface area contributed by atoms with Gasteiger partial charge in [-0.25, -0.2) is 4.79 Å². The number of hydrogen-bond donors (Lipinski definition) is 1. The number of nitrogens with zero attached hydrogens (tertiary/aromatic N) is 3. The van der Waals surface area contributed by atoms with E-state index in [2.05, 4.69) is 11.9 Å². The van der Waals surface area contributed by atoms with E-state index in [-0.39, 0.29) is 18.5 Å². The van der Waals surface area contributed by atoms with E-state index < -0.39 is 34.8 Å². The number of imide groups is 2. The average molecular weight is 501 g/mol. The van der Waals surface area contributed by atoms with Crippen LogP contribution in [0.2, 0.25) is 0 Å². The third-order valence-electron chi connectivity index (χ3n) is 5.42. The van der Waals surface area contributed by atoms with Gasteiger partial charge in [0.1, 0.15) is 0 Å². The topological polar surface area (TPSA) is 139 Å². The van der Waals surface area contributed by atoms with Crippen molar-refractivity contribution >= 4 is 47.2 Å². The minimum Gasteiger partial charge on any atom is -0.387 e. The zero-order valence-electron chi connectivity index (χ0n) is 19.5. The Bertz CT molecular complexity index is 1030. The largest absolute Gasteiger partial charge is 0.387 e. The van der Waals surface area contributed by atoms with E-state index in [1.807, 2.05) is 0 Å². The van der Waals surface area contributed by atoms with Crippen molar-refractivity contribution < 1.29 is 28.8 Å². The van der Waals surface area contributed by atoms with Crippen LogP contribution in [0.3, 0.4) is 0 Å². The van der Waals surface area contributed by atoms with Crippen molar-refractivity contribution in [3.8, 4) is 0 Å². The van der Waals surface area contributed by atoms with Crippen molar-refractivity contribution in [1.29, 1.82) is 0 Å². The minimum absolute atomic E-state index is 0.0603. The van der Waals surface area contributed by atoms with E-state index in [1.165, 1.54) is 36.0 Å². The zero-order chi connectivity index (χ0) is 25.4. The first-order valence-corrected chi connectivity index (χ1v) is 12.5. The van der Waals surface area contributed by atoms with Gasteiger partial charge in [0, 0.05) is 30.9 Å². The average Bonchev–Trinajstić information content (AvgIpc) is 3.29. The third kappa shape index (κ3) is 7.01. The Morgan fingerprint density at radius 3 is 2.46 bits per heavy atom. The molecule has 35 heavy (non-hydrogen) atoms. The number of hydrogen-bond acceptors (Lipinski definition) is 8.